The summed E-state index contributed by atoms with van der Waals surface area (Å²) >= 11 is 0. The first kappa shape index (κ1) is 24.7. The fraction of sp³-hybridized carbons (Fsp3) is 0.194. The van der Waals surface area contributed by atoms with Crippen LogP contribution in [0.4, 0.5) is 14.5 Å². The molecule has 188 valence electrons. The van der Waals surface area contributed by atoms with Gasteiger partial charge in [0, 0.05) is 5.69 Å². The van der Waals surface area contributed by atoms with Crippen LogP contribution in [0.3, 0.4) is 0 Å². The lowest BCUT2D eigenvalue weighted by Crippen LogP contribution is -2.55. The summed E-state index contributed by atoms with van der Waals surface area (Å²) < 4.78 is 32.7. The summed E-state index contributed by atoms with van der Waals surface area (Å²) in [6.45, 7) is 0.452. The van der Waals surface area contributed by atoms with E-state index in [-0.39, 0.29) is 29.5 Å². The standard InChI is InChI=1S/C31H27F2NO3/c32-24-10-6-22(7-11-24)29(35)19-18-28-30(34(31(28)36)26-14-12-25(33)13-15-26)23-8-16-27(17-9-23)37-20-21-4-2-1-3-5-21/h1-17,28-30,35H,18-20H2/t28-,29?,30-/m1/s1. The molecule has 0 radical (unpaired) electrons. The minimum atomic E-state index is -0.803. The van der Waals surface area contributed by atoms with Gasteiger partial charge in [-0.05, 0) is 78.1 Å². The first-order chi connectivity index (χ1) is 18.0. The Hall–Kier alpha value is -4.03. The van der Waals surface area contributed by atoms with Crippen molar-refractivity contribution in [3.63, 3.8) is 0 Å². The van der Waals surface area contributed by atoms with E-state index in [2.05, 4.69) is 0 Å². The largest absolute Gasteiger partial charge is 0.489 e. The molecule has 0 spiro atoms. The minimum Gasteiger partial charge on any atom is -0.489 e. The van der Waals surface area contributed by atoms with Crippen molar-refractivity contribution in [1.29, 1.82) is 0 Å². The highest BCUT2D eigenvalue weighted by atomic mass is 19.1. The number of aliphatic hydroxyl groups is 1. The van der Waals surface area contributed by atoms with Gasteiger partial charge in [-0.1, -0.05) is 54.6 Å². The molecule has 1 saturated heterocycles. The van der Waals surface area contributed by atoms with Crippen molar-refractivity contribution < 1.29 is 23.4 Å². The quantitative estimate of drug-likeness (QED) is 0.259. The third-order valence-electron chi connectivity index (χ3n) is 6.79. The predicted molar refractivity (Wildman–Crippen MR) is 138 cm³/mol. The molecule has 4 aromatic rings. The van der Waals surface area contributed by atoms with Crippen molar-refractivity contribution in [2.45, 2.75) is 31.6 Å². The molecule has 6 heteroatoms. The van der Waals surface area contributed by atoms with Gasteiger partial charge in [0.2, 0.25) is 5.91 Å². The fourth-order valence-corrected chi connectivity index (χ4v) is 4.79. The number of nitrogens with zero attached hydrogens (tertiary/aromatic N) is 1. The van der Waals surface area contributed by atoms with Gasteiger partial charge in [-0.2, -0.15) is 0 Å². The van der Waals surface area contributed by atoms with Crippen LogP contribution >= 0.6 is 0 Å². The predicted octanol–water partition coefficient (Wildman–Crippen LogP) is 6.76. The normalized spacial score (nSPS) is 17.8. The SMILES string of the molecule is O=C1[C@H](CCC(O)c2ccc(F)cc2)[C@@H](c2ccc(OCc3ccccc3)cc2)N1c1ccc(F)cc1. The van der Waals surface area contributed by atoms with Gasteiger partial charge in [0.05, 0.1) is 18.1 Å². The zero-order chi connectivity index (χ0) is 25.8. The van der Waals surface area contributed by atoms with E-state index in [0.29, 0.717) is 30.7 Å². The Morgan fingerprint density at radius 1 is 0.811 bits per heavy atom. The Balaban J connectivity index is 1.32. The average Bonchev–Trinajstić information content (AvgIpc) is 2.93. The molecule has 1 aliphatic heterocycles. The summed E-state index contributed by atoms with van der Waals surface area (Å²) in [7, 11) is 0. The molecule has 1 unspecified atom stereocenters. The van der Waals surface area contributed by atoms with Gasteiger partial charge in [0.15, 0.2) is 0 Å². The number of carbonyl (C=O) groups excluding carboxylic acids is 1. The Labute approximate surface area is 214 Å². The lowest BCUT2D eigenvalue weighted by atomic mass is 9.78. The third-order valence-corrected chi connectivity index (χ3v) is 6.79. The maximum absolute atomic E-state index is 13.5. The molecule has 0 bridgehead atoms. The van der Waals surface area contributed by atoms with E-state index in [9.17, 15) is 18.7 Å². The third kappa shape index (κ3) is 5.54. The van der Waals surface area contributed by atoms with Crippen molar-refractivity contribution in [2.24, 2.45) is 5.92 Å². The number of amides is 1. The summed E-state index contributed by atoms with van der Waals surface area (Å²) in [5, 5.41) is 10.6. The van der Waals surface area contributed by atoms with E-state index in [4.69, 9.17) is 4.74 Å². The van der Waals surface area contributed by atoms with E-state index < -0.39 is 6.10 Å². The summed E-state index contributed by atoms with van der Waals surface area (Å²) in [5.74, 6) is -0.443. The zero-order valence-corrected chi connectivity index (χ0v) is 20.1. The van der Waals surface area contributed by atoms with Gasteiger partial charge in [0.25, 0.3) is 0 Å². The van der Waals surface area contributed by atoms with Crippen LogP contribution in [0.15, 0.2) is 103 Å². The van der Waals surface area contributed by atoms with Crippen LogP contribution in [0.5, 0.6) is 5.75 Å². The lowest BCUT2D eigenvalue weighted by Gasteiger charge is -2.48. The Morgan fingerprint density at radius 3 is 2.08 bits per heavy atom. The van der Waals surface area contributed by atoms with E-state index >= 15 is 0 Å². The van der Waals surface area contributed by atoms with Crippen LogP contribution in [-0.2, 0) is 11.4 Å². The Kier molecular flexibility index (Phi) is 7.28. The monoisotopic (exact) mass is 499 g/mol. The van der Waals surface area contributed by atoms with Crippen molar-refractivity contribution in [3.8, 4) is 5.75 Å². The molecule has 4 nitrogen and oxygen atoms in total. The first-order valence-corrected chi connectivity index (χ1v) is 12.3. The van der Waals surface area contributed by atoms with Crippen LogP contribution in [0.25, 0.3) is 0 Å². The highest BCUT2D eigenvalue weighted by Crippen LogP contribution is 2.46. The highest BCUT2D eigenvalue weighted by Gasteiger charge is 2.48. The molecule has 4 aromatic carbocycles. The van der Waals surface area contributed by atoms with Crippen LogP contribution in [0.1, 0.15) is 41.7 Å². The molecule has 1 heterocycles. The number of hydrogen-bond donors (Lipinski definition) is 1. The highest BCUT2D eigenvalue weighted by molar-refractivity contribution is 6.03. The number of rotatable bonds is 9. The van der Waals surface area contributed by atoms with Crippen molar-refractivity contribution >= 4 is 11.6 Å². The van der Waals surface area contributed by atoms with E-state index in [1.165, 1.54) is 24.3 Å². The van der Waals surface area contributed by atoms with E-state index in [1.54, 1.807) is 29.2 Å². The molecule has 1 amide bonds. The van der Waals surface area contributed by atoms with E-state index in [1.807, 2.05) is 54.6 Å². The van der Waals surface area contributed by atoms with E-state index in [0.717, 1.165) is 16.9 Å². The van der Waals surface area contributed by atoms with Gasteiger partial charge >= 0.3 is 0 Å². The second-order valence-electron chi connectivity index (χ2n) is 9.22. The van der Waals surface area contributed by atoms with Gasteiger partial charge in [-0.25, -0.2) is 8.78 Å². The number of carbonyl (C=O) groups is 1. The van der Waals surface area contributed by atoms with Crippen LogP contribution < -0.4 is 9.64 Å². The maximum Gasteiger partial charge on any atom is 0.233 e. The van der Waals surface area contributed by atoms with Gasteiger partial charge in [-0.15, -0.1) is 0 Å². The Morgan fingerprint density at radius 2 is 1.43 bits per heavy atom. The smallest absolute Gasteiger partial charge is 0.233 e. The number of anilines is 1. The minimum absolute atomic E-state index is 0.0766. The number of halogens is 2. The number of hydrogen-bond acceptors (Lipinski definition) is 3. The molecule has 1 N–H and O–H groups in total. The first-order valence-electron chi connectivity index (χ1n) is 12.3. The summed E-state index contributed by atoms with van der Waals surface area (Å²) in [4.78, 5) is 14.9. The maximum atomic E-state index is 13.5. The fourth-order valence-electron chi connectivity index (χ4n) is 4.79. The van der Waals surface area contributed by atoms with Gasteiger partial charge in [-0.3, -0.25) is 4.79 Å². The number of benzene rings is 4. The number of ether oxygens (including phenoxy) is 1. The van der Waals surface area contributed by atoms with Crippen molar-refractivity contribution in [2.75, 3.05) is 4.90 Å². The number of β-lactam (4-membered cyclic amide) rings is 1. The topological polar surface area (TPSA) is 49.8 Å². The molecule has 1 fully saturated rings. The molecular weight excluding hydrogens is 472 g/mol. The summed E-state index contributed by atoms with van der Waals surface area (Å²) in [6.07, 6.45) is 0.00255. The van der Waals surface area contributed by atoms with Gasteiger partial charge < -0.3 is 14.7 Å². The molecule has 37 heavy (non-hydrogen) atoms. The van der Waals surface area contributed by atoms with Crippen molar-refractivity contribution in [1.82, 2.24) is 0 Å². The Bertz CT molecular complexity index is 1330. The molecule has 0 saturated carbocycles. The number of aliphatic hydroxyl groups excluding tert-OH is 1. The molecule has 0 aromatic heterocycles. The molecule has 1 aliphatic rings. The van der Waals surface area contributed by atoms with Gasteiger partial charge in [0.1, 0.15) is 24.0 Å². The molecular formula is C31H27F2NO3. The summed E-state index contributed by atoms with van der Waals surface area (Å²) in [5.41, 5.74) is 3.23. The zero-order valence-electron chi connectivity index (χ0n) is 20.1. The van der Waals surface area contributed by atoms with Crippen LogP contribution in [0, 0.1) is 17.6 Å². The molecule has 0 aliphatic carbocycles. The average molecular weight is 500 g/mol. The van der Waals surface area contributed by atoms with Crippen molar-refractivity contribution in [3.05, 3.63) is 131 Å². The molecule has 3 atom stereocenters. The second kappa shape index (κ2) is 10.9. The van der Waals surface area contributed by atoms with Crippen LogP contribution in [0.2, 0.25) is 0 Å². The van der Waals surface area contributed by atoms with Crippen LogP contribution in [-0.4, -0.2) is 11.0 Å². The molecule has 5 rings (SSSR count). The lowest BCUT2D eigenvalue weighted by molar-refractivity contribution is -0.131. The summed E-state index contributed by atoms with van der Waals surface area (Å²) in [6, 6.07) is 28.9. The second-order valence-corrected chi connectivity index (χ2v) is 9.22.